The zero-order valence-electron chi connectivity index (χ0n) is 12.0. The van der Waals surface area contributed by atoms with Crippen LogP contribution in [-0.4, -0.2) is 33.4 Å². The Labute approximate surface area is 132 Å². The summed E-state index contributed by atoms with van der Waals surface area (Å²) < 4.78 is 0. The van der Waals surface area contributed by atoms with E-state index in [2.05, 4.69) is 17.1 Å². The summed E-state index contributed by atoms with van der Waals surface area (Å²) in [6.45, 7) is 1.37. The first-order valence-corrected chi connectivity index (χ1v) is 7.99. The first kappa shape index (κ1) is 14.7. The number of carboxylic acid groups (broad SMARTS) is 1. The van der Waals surface area contributed by atoms with Crippen LogP contribution >= 0.6 is 11.3 Å². The van der Waals surface area contributed by atoms with E-state index in [4.69, 9.17) is 5.11 Å². The Bertz CT molecular complexity index is 711. The highest BCUT2D eigenvalue weighted by molar-refractivity contribution is 7.09. The van der Waals surface area contributed by atoms with Gasteiger partial charge in [-0.3, -0.25) is 9.59 Å². The average Bonchev–Trinajstić information content (AvgIpc) is 2.93. The number of fused-ring (bicyclic) bond motifs is 1. The lowest BCUT2D eigenvalue weighted by Crippen LogP contribution is -2.36. The third-order valence-corrected chi connectivity index (χ3v) is 4.62. The van der Waals surface area contributed by atoms with Gasteiger partial charge in [-0.05, 0) is 17.5 Å². The number of carboxylic acids is 1. The molecule has 6 heteroatoms. The van der Waals surface area contributed by atoms with Gasteiger partial charge in [-0.25, -0.2) is 4.98 Å². The molecule has 1 amide bonds. The van der Waals surface area contributed by atoms with Gasteiger partial charge in [-0.15, -0.1) is 11.3 Å². The number of nitrogens with zero attached hydrogens (tertiary/aromatic N) is 2. The molecule has 0 unspecified atom stereocenters. The number of carbonyl (C=O) groups excluding carboxylic acids is 1. The third kappa shape index (κ3) is 3.33. The minimum atomic E-state index is -0.907. The largest absolute Gasteiger partial charge is 0.481 e. The Morgan fingerprint density at radius 1 is 1.23 bits per heavy atom. The van der Waals surface area contributed by atoms with E-state index in [9.17, 15) is 9.59 Å². The molecule has 1 aromatic heterocycles. The van der Waals surface area contributed by atoms with Gasteiger partial charge in [0.05, 0.1) is 18.5 Å². The molecule has 0 spiro atoms. The Morgan fingerprint density at radius 3 is 2.77 bits per heavy atom. The van der Waals surface area contributed by atoms with Crippen molar-refractivity contribution in [3.05, 3.63) is 51.5 Å². The van der Waals surface area contributed by atoms with Gasteiger partial charge in [-0.1, -0.05) is 24.3 Å². The van der Waals surface area contributed by atoms with Crippen molar-refractivity contribution in [2.24, 2.45) is 0 Å². The van der Waals surface area contributed by atoms with Crippen LogP contribution in [0.15, 0.2) is 29.6 Å². The molecule has 22 heavy (non-hydrogen) atoms. The summed E-state index contributed by atoms with van der Waals surface area (Å²) in [6.07, 6.45) is 1.03. The number of hydrogen-bond acceptors (Lipinski definition) is 4. The maximum absolute atomic E-state index is 12.4. The Hall–Kier alpha value is -2.21. The lowest BCUT2D eigenvalue weighted by Gasteiger charge is -2.28. The fourth-order valence-electron chi connectivity index (χ4n) is 2.62. The molecule has 1 N–H and O–H groups in total. The smallest absolute Gasteiger partial charge is 0.309 e. The quantitative estimate of drug-likeness (QED) is 0.935. The van der Waals surface area contributed by atoms with Gasteiger partial charge in [-0.2, -0.15) is 0 Å². The van der Waals surface area contributed by atoms with Crippen molar-refractivity contribution < 1.29 is 14.7 Å². The van der Waals surface area contributed by atoms with E-state index in [-0.39, 0.29) is 18.7 Å². The Morgan fingerprint density at radius 2 is 2.00 bits per heavy atom. The third-order valence-electron chi connectivity index (χ3n) is 3.72. The molecule has 0 radical (unpaired) electrons. The molecule has 2 aromatic rings. The minimum Gasteiger partial charge on any atom is -0.481 e. The molecule has 0 bridgehead atoms. The SMILES string of the molecule is O=C(O)Cc1csc(CC(=O)N2CCc3ccccc3C2)n1. The summed E-state index contributed by atoms with van der Waals surface area (Å²) in [5.41, 5.74) is 3.03. The van der Waals surface area contributed by atoms with E-state index in [1.807, 2.05) is 17.0 Å². The number of amides is 1. The highest BCUT2D eigenvalue weighted by Gasteiger charge is 2.21. The molecule has 0 saturated carbocycles. The van der Waals surface area contributed by atoms with Gasteiger partial charge in [0.2, 0.25) is 5.91 Å². The Kier molecular flexibility index (Phi) is 4.20. The number of aromatic nitrogens is 1. The zero-order chi connectivity index (χ0) is 15.5. The van der Waals surface area contributed by atoms with E-state index >= 15 is 0 Å². The first-order chi connectivity index (χ1) is 10.6. The first-order valence-electron chi connectivity index (χ1n) is 7.11. The fraction of sp³-hybridized carbons (Fsp3) is 0.312. The molecule has 1 aliphatic rings. The second kappa shape index (κ2) is 6.27. The van der Waals surface area contributed by atoms with E-state index in [1.54, 1.807) is 5.38 Å². The summed E-state index contributed by atoms with van der Waals surface area (Å²) >= 11 is 1.35. The lowest BCUT2D eigenvalue weighted by molar-refractivity contribution is -0.136. The van der Waals surface area contributed by atoms with Crippen molar-refractivity contribution in [3.8, 4) is 0 Å². The van der Waals surface area contributed by atoms with Crippen molar-refractivity contribution in [2.75, 3.05) is 6.54 Å². The molecule has 114 valence electrons. The van der Waals surface area contributed by atoms with Crippen LogP contribution in [0.4, 0.5) is 0 Å². The van der Waals surface area contributed by atoms with Crippen LogP contribution in [0, 0.1) is 0 Å². The maximum Gasteiger partial charge on any atom is 0.309 e. The van der Waals surface area contributed by atoms with Crippen molar-refractivity contribution >= 4 is 23.2 Å². The number of hydrogen-bond donors (Lipinski definition) is 1. The highest BCUT2D eigenvalue weighted by Crippen LogP contribution is 2.20. The minimum absolute atomic E-state index is 0.0470. The van der Waals surface area contributed by atoms with Crippen LogP contribution in [-0.2, 0) is 35.4 Å². The van der Waals surface area contributed by atoms with Crippen molar-refractivity contribution in [1.82, 2.24) is 9.88 Å². The topological polar surface area (TPSA) is 70.5 Å². The van der Waals surface area contributed by atoms with Crippen molar-refractivity contribution in [3.63, 3.8) is 0 Å². The second-order valence-corrected chi connectivity index (χ2v) is 6.26. The van der Waals surface area contributed by atoms with Crippen LogP contribution in [0.3, 0.4) is 0 Å². The Balaban J connectivity index is 1.63. The number of benzene rings is 1. The molecule has 5 nitrogen and oxygen atoms in total. The lowest BCUT2D eigenvalue weighted by atomic mass is 10.00. The van der Waals surface area contributed by atoms with Crippen molar-refractivity contribution in [2.45, 2.75) is 25.8 Å². The van der Waals surface area contributed by atoms with Crippen LogP contribution in [0.1, 0.15) is 21.8 Å². The molecule has 0 atom stereocenters. The van der Waals surface area contributed by atoms with Gasteiger partial charge in [0.25, 0.3) is 0 Å². The molecule has 0 fully saturated rings. The molecule has 0 aliphatic carbocycles. The molecular weight excluding hydrogens is 300 g/mol. The highest BCUT2D eigenvalue weighted by atomic mass is 32.1. The van der Waals surface area contributed by atoms with E-state index < -0.39 is 5.97 Å². The summed E-state index contributed by atoms with van der Waals surface area (Å²) in [5.74, 6) is -0.860. The normalized spacial score (nSPS) is 13.7. The fourth-order valence-corrected chi connectivity index (χ4v) is 3.40. The summed E-state index contributed by atoms with van der Waals surface area (Å²) in [5, 5.41) is 11.1. The summed E-state index contributed by atoms with van der Waals surface area (Å²) in [4.78, 5) is 29.1. The van der Waals surface area contributed by atoms with E-state index in [0.717, 1.165) is 13.0 Å². The van der Waals surface area contributed by atoms with Gasteiger partial charge in [0.1, 0.15) is 5.01 Å². The number of thiazole rings is 1. The standard InChI is InChI=1S/C16H16N2O3S/c19-15(8-14-17-13(10-22-14)7-16(20)21)18-6-5-11-3-1-2-4-12(11)9-18/h1-4,10H,5-9H2,(H,20,21). The van der Waals surface area contributed by atoms with Gasteiger partial charge in [0, 0.05) is 18.5 Å². The molecular formula is C16H16N2O3S. The van der Waals surface area contributed by atoms with Crippen molar-refractivity contribution in [1.29, 1.82) is 0 Å². The second-order valence-electron chi connectivity index (χ2n) is 5.31. The molecule has 1 aromatic carbocycles. The van der Waals surface area contributed by atoms with Crippen LogP contribution < -0.4 is 0 Å². The number of aliphatic carboxylic acids is 1. The summed E-state index contributed by atoms with van der Waals surface area (Å²) in [6, 6.07) is 8.18. The van der Waals surface area contributed by atoms with Crippen LogP contribution in [0.25, 0.3) is 0 Å². The summed E-state index contributed by atoms with van der Waals surface area (Å²) in [7, 11) is 0. The van der Waals surface area contributed by atoms with Crippen LogP contribution in [0.5, 0.6) is 0 Å². The van der Waals surface area contributed by atoms with Crippen LogP contribution in [0.2, 0.25) is 0 Å². The average molecular weight is 316 g/mol. The van der Waals surface area contributed by atoms with Gasteiger partial charge >= 0.3 is 5.97 Å². The predicted molar refractivity (Wildman–Crippen MR) is 82.7 cm³/mol. The molecule has 2 heterocycles. The molecule has 0 saturated heterocycles. The van der Waals surface area contributed by atoms with Gasteiger partial charge in [0.15, 0.2) is 0 Å². The number of rotatable bonds is 4. The predicted octanol–water partition coefficient (Wildman–Crippen LogP) is 1.90. The van der Waals surface area contributed by atoms with E-state index in [1.165, 1.54) is 22.5 Å². The monoisotopic (exact) mass is 316 g/mol. The number of carbonyl (C=O) groups is 2. The van der Waals surface area contributed by atoms with E-state index in [0.29, 0.717) is 17.2 Å². The maximum atomic E-state index is 12.4. The zero-order valence-corrected chi connectivity index (χ0v) is 12.8. The molecule has 3 rings (SSSR count). The van der Waals surface area contributed by atoms with Gasteiger partial charge < -0.3 is 10.0 Å². The molecule has 1 aliphatic heterocycles.